The van der Waals surface area contributed by atoms with Gasteiger partial charge in [0.25, 0.3) is 0 Å². The number of aryl methyl sites for hydroxylation is 1. The average Bonchev–Trinajstić information content (AvgIpc) is 3.18. The first-order valence-electron chi connectivity index (χ1n) is 7.09. The van der Waals surface area contributed by atoms with Crippen molar-refractivity contribution < 1.29 is 19.0 Å². The van der Waals surface area contributed by atoms with Crippen molar-refractivity contribution in [1.82, 2.24) is 20.2 Å². The van der Waals surface area contributed by atoms with Gasteiger partial charge < -0.3 is 14.2 Å². The Balaban J connectivity index is 1.62. The highest BCUT2D eigenvalue weighted by Crippen LogP contribution is 2.32. The lowest BCUT2D eigenvalue weighted by Crippen LogP contribution is -2.11. The van der Waals surface area contributed by atoms with Crippen molar-refractivity contribution in [3.05, 3.63) is 29.6 Å². The lowest BCUT2D eigenvalue weighted by atomic mass is 10.2. The predicted octanol–water partition coefficient (Wildman–Crippen LogP) is 1.56. The number of ether oxygens (including phenoxy) is 3. The molecule has 1 aromatic carbocycles. The molecule has 0 spiro atoms. The van der Waals surface area contributed by atoms with Gasteiger partial charge >= 0.3 is 5.97 Å². The van der Waals surface area contributed by atoms with Gasteiger partial charge in [0.15, 0.2) is 23.9 Å². The summed E-state index contributed by atoms with van der Waals surface area (Å²) in [5.41, 5.74) is 0.400. The van der Waals surface area contributed by atoms with Crippen molar-refractivity contribution in [2.75, 3.05) is 6.79 Å². The molecule has 1 aromatic heterocycles. The Labute approximate surface area is 127 Å². The van der Waals surface area contributed by atoms with Gasteiger partial charge in [0, 0.05) is 6.54 Å². The number of hydrogen-bond acceptors (Lipinski definition) is 7. The van der Waals surface area contributed by atoms with Gasteiger partial charge in [0.05, 0.1) is 5.56 Å². The first-order chi connectivity index (χ1) is 10.8. The molecular weight excluding hydrogens is 288 g/mol. The molecule has 8 nitrogen and oxygen atoms in total. The van der Waals surface area contributed by atoms with Crippen LogP contribution in [0.15, 0.2) is 18.2 Å². The first kappa shape index (κ1) is 14.3. The Morgan fingerprint density at radius 1 is 1.36 bits per heavy atom. The molecule has 8 heteroatoms. The van der Waals surface area contributed by atoms with E-state index in [4.69, 9.17) is 14.2 Å². The van der Waals surface area contributed by atoms with Gasteiger partial charge in [-0.1, -0.05) is 13.3 Å². The van der Waals surface area contributed by atoms with Crippen LogP contribution in [0.4, 0.5) is 0 Å². The van der Waals surface area contributed by atoms with Crippen LogP contribution >= 0.6 is 0 Å². The molecule has 1 aliphatic heterocycles. The Hall–Kier alpha value is -2.64. The molecule has 2 aromatic rings. The second-order valence-corrected chi connectivity index (χ2v) is 4.82. The summed E-state index contributed by atoms with van der Waals surface area (Å²) in [4.78, 5) is 12.1. The molecule has 0 saturated carbocycles. The fraction of sp³-hybridized carbons (Fsp3) is 0.429. The summed E-state index contributed by atoms with van der Waals surface area (Å²) in [6.45, 7) is 2.99. The number of unbranched alkanes of at least 4 members (excludes halogenated alkanes) is 1. The number of esters is 1. The van der Waals surface area contributed by atoms with E-state index in [1.54, 1.807) is 22.9 Å². The van der Waals surface area contributed by atoms with Crippen molar-refractivity contribution in [1.29, 1.82) is 0 Å². The zero-order valence-corrected chi connectivity index (χ0v) is 12.2. The van der Waals surface area contributed by atoms with E-state index in [-0.39, 0.29) is 13.4 Å². The van der Waals surface area contributed by atoms with Crippen LogP contribution in [0.3, 0.4) is 0 Å². The lowest BCUT2D eigenvalue weighted by Gasteiger charge is -2.06. The van der Waals surface area contributed by atoms with Crippen molar-refractivity contribution in [3.63, 3.8) is 0 Å². The van der Waals surface area contributed by atoms with Crippen molar-refractivity contribution in [2.45, 2.75) is 32.9 Å². The molecule has 116 valence electrons. The van der Waals surface area contributed by atoms with Crippen LogP contribution in [-0.4, -0.2) is 33.0 Å². The third-order valence-corrected chi connectivity index (χ3v) is 3.27. The summed E-state index contributed by atoms with van der Waals surface area (Å²) < 4.78 is 17.3. The number of nitrogens with zero attached hydrogens (tertiary/aromatic N) is 4. The number of rotatable bonds is 6. The molecule has 3 rings (SSSR count). The summed E-state index contributed by atoms with van der Waals surface area (Å²) in [6, 6.07) is 4.92. The molecule has 2 heterocycles. The Morgan fingerprint density at radius 3 is 3.09 bits per heavy atom. The Bertz CT molecular complexity index is 671. The van der Waals surface area contributed by atoms with Gasteiger partial charge in [-0.15, -0.1) is 5.10 Å². The van der Waals surface area contributed by atoms with Crippen molar-refractivity contribution in [3.8, 4) is 11.5 Å². The number of hydrogen-bond donors (Lipinski definition) is 0. The highest BCUT2D eigenvalue weighted by atomic mass is 16.7. The maximum atomic E-state index is 12.1. The fourth-order valence-corrected chi connectivity index (χ4v) is 2.05. The molecular formula is C14H16N4O4. The van der Waals surface area contributed by atoms with E-state index in [9.17, 15) is 4.79 Å². The van der Waals surface area contributed by atoms with Gasteiger partial charge in [-0.3, -0.25) is 0 Å². The number of fused-ring (bicyclic) bond motifs is 1. The molecule has 0 fully saturated rings. The van der Waals surface area contributed by atoms with E-state index in [0.717, 1.165) is 12.8 Å². The van der Waals surface area contributed by atoms with E-state index in [1.807, 2.05) is 0 Å². The van der Waals surface area contributed by atoms with Crippen LogP contribution in [-0.2, 0) is 17.9 Å². The van der Waals surface area contributed by atoms with E-state index in [2.05, 4.69) is 22.4 Å². The van der Waals surface area contributed by atoms with E-state index < -0.39 is 5.97 Å². The molecule has 0 N–H and O–H groups in total. The number of tetrazole rings is 1. The van der Waals surface area contributed by atoms with Crippen LogP contribution in [0, 0.1) is 0 Å². The molecule has 0 radical (unpaired) electrons. The summed E-state index contributed by atoms with van der Waals surface area (Å²) in [6.07, 6.45) is 2.00. The minimum Gasteiger partial charge on any atom is -0.454 e. The first-order valence-corrected chi connectivity index (χ1v) is 7.09. The van der Waals surface area contributed by atoms with E-state index in [1.165, 1.54) is 0 Å². The molecule has 0 saturated heterocycles. The maximum Gasteiger partial charge on any atom is 0.338 e. The summed E-state index contributed by atoms with van der Waals surface area (Å²) >= 11 is 0. The second-order valence-electron chi connectivity index (χ2n) is 4.82. The zero-order chi connectivity index (χ0) is 15.4. The standard InChI is InChI=1S/C14H16N4O4/c1-2-3-6-18-13(15-16-17-18)8-20-14(19)10-4-5-11-12(7-10)22-9-21-11/h4-5,7H,2-3,6,8-9H2,1H3. The van der Waals surface area contributed by atoms with Crippen LogP contribution in [0.2, 0.25) is 0 Å². The topological polar surface area (TPSA) is 88.4 Å². The van der Waals surface area contributed by atoms with Gasteiger partial charge in [0.1, 0.15) is 0 Å². The van der Waals surface area contributed by atoms with E-state index in [0.29, 0.717) is 29.4 Å². The van der Waals surface area contributed by atoms with Crippen molar-refractivity contribution in [2.24, 2.45) is 0 Å². The average molecular weight is 304 g/mol. The van der Waals surface area contributed by atoms with Crippen molar-refractivity contribution >= 4 is 5.97 Å². The minimum atomic E-state index is -0.455. The largest absolute Gasteiger partial charge is 0.454 e. The highest BCUT2D eigenvalue weighted by molar-refractivity contribution is 5.90. The van der Waals surface area contributed by atoms with Gasteiger partial charge in [0.2, 0.25) is 6.79 Å². The molecule has 0 aliphatic carbocycles. The summed E-state index contributed by atoms with van der Waals surface area (Å²) in [7, 11) is 0. The molecule has 0 unspecified atom stereocenters. The molecule has 0 atom stereocenters. The Morgan fingerprint density at radius 2 is 2.23 bits per heavy atom. The van der Waals surface area contributed by atoms with Gasteiger partial charge in [-0.05, 0) is 35.0 Å². The minimum absolute atomic E-state index is 0.0317. The SMILES string of the molecule is CCCCn1nnnc1COC(=O)c1ccc2c(c1)OCO2. The second kappa shape index (κ2) is 6.42. The maximum absolute atomic E-state index is 12.1. The monoisotopic (exact) mass is 304 g/mol. The predicted molar refractivity (Wildman–Crippen MR) is 74.4 cm³/mol. The number of benzene rings is 1. The van der Waals surface area contributed by atoms with Gasteiger partial charge in [-0.2, -0.15) is 0 Å². The number of aromatic nitrogens is 4. The smallest absolute Gasteiger partial charge is 0.338 e. The zero-order valence-electron chi connectivity index (χ0n) is 12.2. The van der Waals surface area contributed by atoms with Crippen LogP contribution in [0.1, 0.15) is 35.9 Å². The lowest BCUT2D eigenvalue weighted by molar-refractivity contribution is 0.0456. The molecule has 0 amide bonds. The Kier molecular flexibility index (Phi) is 4.17. The third kappa shape index (κ3) is 3.00. The third-order valence-electron chi connectivity index (χ3n) is 3.27. The highest BCUT2D eigenvalue weighted by Gasteiger charge is 2.17. The fourth-order valence-electron chi connectivity index (χ4n) is 2.05. The number of carbonyl (C=O) groups is 1. The van der Waals surface area contributed by atoms with Gasteiger partial charge in [-0.25, -0.2) is 9.48 Å². The summed E-state index contributed by atoms with van der Waals surface area (Å²) in [5, 5.41) is 11.4. The van der Waals surface area contributed by atoms with Crippen LogP contribution in [0.25, 0.3) is 0 Å². The molecule has 1 aliphatic rings. The van der Waals surface area contributed by atoms with E-state index >= 15 is 0 Å². The molecule has 0 bridgehead atoms. The van der Waals surface area contributed by atoms with Crippen LogP contribution < -0.4 is 9.47 Å². The molecule has 22 heavy (non-hydrogen) atoms. The number of carbonyl (C=O) groups excluding carboxylic acids is 1. The summed E-state index contributed by atoms with van der Waals surface area (Å²) in [5.74, 6) is 1.24. The van der Waals surface area contributed by atoms with Crippen LogP contribution in [0.5, 0.6) is 11.5 Å². The quantitative estimate of drug-likeness (QED) is 0.748. The normalized spacial score (nSPS) is 12.4.